The van der Waals surface area contributed by atoms with Crippen LogP contribution in [-0.4, -0.2) is 51.5 Å². The van der Waals surface area contributed by atoms with Gasteiger partial charge >= 0.3 is 0 Å². The quantitative estimate of drug-likeness (QED) is 0.602. The standard InChI is InChI=1S/C20H31N3O3/c1-4-21-19(22-13-16-6-5-9-24-16)23-14-20(2,3)15-7-8-17-18(12-15)26-11-10-25-17/h7-8,12,16H,4-6,9-11,13-14H2,1-3H3,(H2,21,22,23). The Bertz CT molecular complexity index is 625. The molecule has 2 aliphatic heterocycles. The first-order valence-electron chi connectivity index (χ1n) is 9.62. The highest BCUT2D eigenvalue weighted by molar-refractivity contribution is 5.79. The molecule has 0 saturated carbocycles. The van der Waals surface area contributed by atoms with Gasteiger partial charge in [-0.05, 0) is 37.5 Å². The molecule has 0 aromatic heterocycles. The number of guanidine groups is 1. The first kappa shape index (κ1) is 18.8. The molecule has 1 unspecified atom stereocenters. The molecule has 0 radical (unpaired) electrons. The second kappa shape index (κ2) is 8.62. The monoisotopic (exact) mass is 361 g/mol. The van der Waals surface area contributed by atoms with Crippen LogP contribution in [0.2, 0.25) is 0 Å². The summed E-state index contributed by atoms with van der Waals surface area (Å²) in [5, 5.41) is 6.72. The summed E-state index contributed by atoms with van der Waals surface area (Å²) in [5.41, 5.74) is 1.09. The number of aliphatic imine (C=N–C) groups is 1. The lowest BCUT2D eigenvalue weighted by atomic mass is 9.84. The van der Waals surface area contributed by atoms with E-state index in [-0.39, 0.29) is 5.41 Å². The van der Waals surface area contributed by atoms with Crippen molar-refractivity contribution in [2.75, 3.05) is 39.5 Å². The summed E-state index contributed by atoms with van der Waals surface area (Å²) in [7, 11) is 0. The zero-order valence-electron chi connectivity index (χ0n) is 16.1. The number of nitrogens with zero attached hydrogens (tertiary/aromatic N) is 1. The van der Waals surface area contributed by atoms with E-state index in [0.717, 1.165) is 50.0 Å². The van der Waals surface area contributed by atoms with Crippen LogP contribution in [0.5, 0.6) is 11.5 Å². The highest BCUT2D eigenvalue weighted by Crippen LogP contribution is 2.35. The van der Waals surface area contributed by atoms with Crippen LogP contribution < -0.4 is 20.1 Å². The molecule has 2 aliphatic rings. The van der Waals surface area contributed by atoms with Crippen molar-refractivity contribution in [3.8, 4) is 11.5 Å². The first-order chi connectivity index (χ1) is 12.6. The Morgan fingerprint density at radius 2 is 1.96 bits per heavy atom. The third-order valence-corrected chi connectivity index (χ3v) is 4.82. The van der Waals surface area contributed by atoms with E-state index >= 15 is 0 Å². The van der Waals surface area contributed by atoms with Gasteiger partial charge in [0.05, 0.1) is 12.6 Å². The largest absolute Gasteiger partial charge is 0.486 e. The summed E-state index contributed by atoms with van der Waals surface area (Å²) in [6.45, 7) is 10.9. The number of nitrogens with one attached hydrogen (secondary N) is 2. The molecule has 2 heterocycles. The molecule has 0 aliphatic carbocycles. The van der Waals surface area contributed by atoms with E-state index in [2.05, 4.69) is 43.5 Å². The minimum atomic E-state index is -0.109. The Morgan fingerprint density at radius 1 is 1.15 bits per heavy atom. The number of hydrogen-bond acceptors (Lipinski definition) is 4. The molecule has 1 aromatic carbocycles. The number of benzene rings is 1. The zero-order chi connectivity index (χ0) is 18.4. The topological polar surface area (TPSA) is 64.1 Å². The van der Waals surface area contributed by atoms with E-state index in [1.54, 1.807) is 0 Å². The van der Waals surface area contributed by atoms with Gasteiger partial charge in [-0.3, -0.25) is 4.99 Å². The van der Waals surface area contributed by atoms with Gasteiger partial charge in [-0.2, -0.15) is 0 Å². The fraction of sp³-hybridized carbons (Fsp3) is 0.650. The molecule has 0 amide bonds. The lowest BCUT2D eigenvalue weighted by molar-refractivity contribution is 0.114. The SMILES string of the molecule is CCNC(=NCC(C)(C)c1ccc2c(c1)OCCO2)NCC1CCCO1. The minimum absolute atomic E-state index is 0.109. The van der Waals surface area contributed by atoms with Crippen LogP contribution in [0.3, 0.4) is 0 Å². The average molecular weight is 361 g/mol. The Labute approximate surface area is 156 Å². The van der Waals surface area contributed by atoms with Crippen molar-refractivity contribution in [1.29, 1.82) is 0 Å². The molecule has 6 heteroatoms. The summed E-state index contributed by atoms with van der Waals surface area (Å²) in [5.74, 6) is 2.49. The smallest absolute Gasteiger partial charge is 0.191 e. The van der Waals surface area contributed by atoms with Crippen molar-refractivity contribution < 1.29 is 14.2 Å². The maximum atomic E-state index is 5.72. The third kappa shape index (κ3) is 4.81. The summed E-state index contributed by atoms with van der Waals surface area (Å²) in [6, 6.07) is 6.18. The third-order valence-electron chi connectivity index (χ3n) is 4.82. The van der Waals surface area contributed by atoms with Crippen molar-refractivity contribution in [3.05, 3.63) is 23.8 Å². The molecule has 0 spiro atoms. The molecule has 1 fully saturated rings. The van der Waals surface area contributed by atoms with Crippen molar-refractivity contribution in [3.63, 3.8) is 0 Å². The second-order valence-corrected chi connectivity index (χ2v) is 7.45. The van der Waals surface area contributed by atoms with Gasteiger partial charge < -0.3 is 24.8 Å². The van der Waals surface area contributed by atoms with Crippen molar-refractivity contribution in [1.82, 2.24) is 10.6 Å². The van der Waals surface area contributed by atoms with E-state index in [0.29, 0.717) is 25.9 Å². The molecule has 1 saturated heterocycles. The number of fused-ring (bicyclic) bond motifs is 1. The van der Waals surface area contributed by atoms with Crippen LogP contribution in [0.25, 0.3) is 0 Å². The van der Waals surface area contributed by atoms with Gasteiger partial charge in [0.15, 0.2) is 17.5 Å². The lowest BCUT2D eigenvalue weighted by Gasteiger charge is -2.26. The molecule has 1 aromatic rings. The van der Waals surface area contributed by atoms with Gasteiger partial charge in [-0.1, -0.05) is 19.9 Å². The number of hydrogen-bond donors (Lipinski definition) is 2. The van der Waals surface area contributed by atoms with E-state index in [1.807, 2.05) is 6.07 Å². The maximum absolute atomic E-state index is 5.72. The molecule has 2 N–H and O–H groups in total. The molecular formula is C20H31N3O3. The first-order valence-corrected chi connectivity index (χ1v) is 9.62. The van der Waals surface area contributed by atoms with Gasteiger partial charge in [0.2, 0.25) is 0 Å². The van der Waals surface area contributed by atoms with Gasteiger partial charge in [-0.15, -0.1) is 0 Å². The summed E-state index contributed by atoms with van der Waals surface area (Å²) in [6.07, 6.45) is 2.57. The normalized spacial score (nSPS) is 20.1. The highest BCUT2D eigenvalue weighted by Gasteiger charge is 2.24. The van der Waals surface area contributed by atoms with Crippen LogP contribution in [0.15, 0.2) is 23.2 Å². The van der Waals surface area contributed by atoms with E-state index in [1.165, 1.54) is 5.56 Å². The van der Waals surface area contributed by atoms with E-state index in [9.17, 15) is 0 Å². The Morgan fingerprint density at radius 3 is 2.69 bits per heavy atom. The molecular weight excluding hydrogens is 330 g/mol. The average Bonchev–Trinajstić information content (AvgIpc) is 3.17. The van der Waals surface area contributed by atoms with Crippen LogP contribution in [-0.2, 0) is 10.2 Å². The van der Waals surface area contributed by atoms with Gasteiger partial charge in [0, 0.05) is 25.1 Å². The predicted molar refractivity (Wildman–Crippen MR) is 103 cm³/mol. The Balaban J connectivity index is 1.64. The molecule has 26 heavy (non-hydrogen) atoms. The van der Waals surface area contributed by atoms with Gasteiger partial charge in [0.1, 0.15) is 13.2 Å². The van der Waals surface area contributed by atoms with Gasteiger partial charge in [0.25, 0.3) is 0 Å². The summed E-state index contributed by atoms with van der Waals surface area (Å²) < 4.78 is 17.0. The number of ether oxygens (including phenoxy) is 3. The Kier molecular flexibility index (Phi) is 6.25. The molecule has 0 bridgehead atoms. The van der Waals surface area contributed by atoms with Crippen LogP contribution in [0, 0.1) is 0 Å². The van der Waals surface area contributed by atoms with Crippen LogP contribution in [0.1, 0.15) is 39.2 Å². The predicted octanol–water partition coefficient (Wildman–Crippen LogP) is 2.47. The lowest BCUT2D eigenvalue weighted by Crippen LogP contribution is -2.41. The molecule has 1 atom stereocenters. The summed E-state index contributed by atoms with van der Waals surface area (Å²) >= 11 is 0. The number of rotatable bonds is 6. The van der Waals surface area contributed by atoms with Crippen molar-refractivity contribution >= 4 is 5.96 Å². The molecule has 3 rings (SSSR count). The fourth-order valence-corrected chi connectivity index (χ4v) is 3.19. The minimum Gasteiger partial charge on any atom is -0.486 e. The van der Waals surface area contributed by atoms with Gasteiger partial charge in [-0.25, -0.2) is 0 Å². The molecule has 144 valence electrons. The van der Waals surface area contributed by atoms with Crippen molar-refractivity contribution in [2.45, 2.75) is 45.1 Å². The van der Waals surface area contributed by atoms with E-state index < -0.39 is 0 Å². The maximum Gasteiger partial charge on any atom is 0.191 e. The zero-order valence-corrected chi connectivity index (χ0v) is 16.1. The van der Waals surface area contributed by atoms with Crippen LogP contribution in [0.4, 0.5) is 0 Å². The Hall–Kier alpha value is -1.95. The second-order valence-electron chi connectivity index (χ2n) is 7.45. The fourth-order valence-electron chi connectivity index (χ4n) is 3.19. The van der Waals surface area contributed by atoms with E-state index in [4.69, 9.17) is 19.2 Å². The van der Waals surface area contributed by atoms with Crippen molar-refractivity contribution in [2.24, 2.45) is 4.99 Å². The van der Waals surface area contributed by atoms with Crippen LogP contribution >= 0.6 is 0 Å². The highest BCUT2D eigenvalue weighted by atomic mass is 16.6. The summed E-state index contributed by atoms with van der Waals surface area (Å²) in [4.78, 5) is 4.80. The molecule has 6 nitrogen and oxygen atoms in total.